The van der Waals surface area contributed by atoms with Gasteiger partial charge in [0.1, 0.15) is 0 Å². The van der Waals surface area contributed by atoms with E-state index in [9.17, 15) is 9.59 Å². The Morgan fingerprint density at radius 2 is 1.85 bits per heavy atom. The summed E-state index contributed by atoms with van der Waals surface area (Å²) in [5.41, 5.74) is 1.01. The average Bonchev–Trinajstić information content (AvgIpc) is 2.91. The molecular formula is C21H31N3O2. The highest BCUT2D eigenvalue weighted by Crippen LogP contribution is 2.35. The molecule has 0 spiro atoms. The lowest BCUT2D eigenvalue weighted by Gasteiger charge is -2.31. The van der Waals surface area contributed by atoms with Gasteiger partial charge in [0.15, 0.2) is 0 Å². The first-order valence-corrected chi connectivity index (χ1v) is 9.95. The number of carbonyl (C=O) groups excluding carboxylic acids is 2. The van der Waals surface area contributed by atoms with Crippen molar-refractivity contribution in [3.05, 3.63) is 35.9 Å². The van der Waals surface area contributed by atoms with Crippen LogP contribution < -0.4 is 5.32 Å². The highest BCUT2D eigenvalue weighted by atomic mass is 16.2. The summed E-state index contributed by atoms with van der Waals surface area (Å²) in [5, 5.41) is 3.54. The van der Waals surface area contributed by atoms with Crippen LogP contribution in [0.25, 0.3) is 0 Å². The van der Waals surface area contributed by atoms with E-state index in [2.05, 4.69) is 5.32 Å². The summed E-state index contributed by atoms with van der Waals surface area (Å²) in [6.45, 7) is 4.03. The zero-order valence-corrected chi connectivity index (χ0v) is 16.1. The van der Waals surface area contributed by atoms with Gasteiger partial charge in [-0.05, 0) is 31.7 Å². The van der Waals surface area contributed by atoms with Gasteiger partial charge in [-0.2, -0.15) is 0 Å². The summed E-state index contributed by atoms with van der Waals surface area (Å²) in [4.78, 5) is 29.4. The van der Waals surface area contributed by atoms with Crippen molar-refractivity contribution < 1.29 is 9.59 Å². The van der Waals surface area contributed by atoms with Crippen molar-refractivity contribution in [3.63, 3.8) is 0 Å². The van der Waals surface area contributed by atoms with Crippen molar-refractivity contribution in [2.24, 2.45) is 0 Å². The minimum atomic E-state index is -0.299. The molecule has 1 aromatic rings. The van der Waals surface area contributed by atoms with Crippen LogP contribution in [0.5, 0.6) is 0 Å². The van der Waals surface area contributed by atoms with Crippen molar-refractivity contribution in [2.45, 2.75) is 76.5 Å². The molecule has 5 nitrogen and oxygen atoms in total. The van der Waals surface area contributed by atoms with Crippen molar-refractivity contribution in [2.75, 3.05) is 7.05 Å². The normalized spacial score (nSPS) is 25.6. The van der Waals surface area contributed by atoms with Crippen LogP contribution in [0.2, 0.25) is 0 Å². The Balaban J connectivity index is 1.82. The first kappa shape index (κ1) is 18.9. The molecule has 26 heavy (non-hydrogen) atoms. The van der Waals surface area contributed by atoms with Gasteiger partial charge in [-0.1, -0.05) is 56.5 Å². The maximum atomic E-state index is 13.4. The van der Waals surface area contributed by atoms with Gasteiger partial charge in [-0.3, -0.25) is 9.69 Å². The quantitative estimate of drug-likeness (QED) is 0.874. The van der Waals surface area contributed by atoms with Crippen LogP contribution in [-0.2, 0) is 4.79 Å². The summed E-state index contributed by atoms with van der Waals surface area (Å²) < 4.78 is 0. The van der Waals surface area contributed by atoms with Gasteiger partial charge in [0.2, 0.25) is 5.91 Å². The Bertz CT molecular complexity index is 627. The van der Waals surface area contributed by atoms with Gasteiger partial charge >= 0.3 is 6.03 Å². The SMILES string of the molecule is CC[C@@H](NC1CCCCC1)C(=O)N1C(=O)N(C)[C@@H](C)[C@H]1c1ccccc1. The minimum absolute atomic E-state index is 0.0407. The summed E-state index contributed by atoms with van der Waals surface area (Å²) >= 11 is 0. The number of imide groups is 1. The minimum Gasteiger partial charge on any atom is -0.322 e. The highest BCUT2D eigenvalue weighted by Gasteiger charge is 2.47. The number of urea groups is 1. The van der Waals surface area contributed by atoms with E-state index < -0.39 is 0 Å². The molecule has 2 fully saturated rings. The fourth-order valence-electron chi connectivity index (χ4n) is 4.29. The van der Waals surface area contributed by atoms with Gasteiger partial charge in [0, 0.05) is 13.1 Å². The third-order valence-corrected chi connectivity index (χ3v) is 5.98. The lowest BCUT2D eigenvalue weighted by Crippen LogP contribution is -2.51. The molecule has 1 aromatic carbocycles. The zero-order chi connectivity index (χ0) is 18.7. The first-order chi connectivity index (χ1) is 12.5. The highest BCUT2D eigenvalue weighted by molar-refractivity contribution is 5.99. The van der Waals surface area contributed by atoms with E-state index in [1.54, 1.807) is 11.9 Å². The molecule has 0 unspecified atom stereocenters. The van der Waals surface area contributed by atoms with Gasteiger partial charge in [-0.25, -0.2) is 4.79 Å². The molecule has 5 heteroatoms. The number of nitrogens with one attached hydrogen (secondary N) is 1. The van der Waals surface area contributed by atoms with E-state index in [0.29, 0.717) is 12.5 Å². The van der Waals surface area contributed by atoms with Crippen molar-refractivity contribution in [1.82, 2.24) is 15.1 Å². The fourth-order valence-corrected chi connectivity index (χ4v) is 4.29. The lowest BCUT2D eigenvalue weighted by molar-refractivity contribution is -0.132. The van der Waals surface area contributed by atoms with E-state index in [1.165, 1.54) is 24.2 Å². The average molecular weight is 357 g/mol. The second kappa shape index (κ2) is 8.21. The maximum Gasteiger partial charge on any atom is 0.327 e. The molecule has 0 aromatic heterocycles. The molecule has 3 rings (SSSR count). The van der Waals surface area contributed by atoms with Crippen LogP contribution in [0.15, 0.2) is 30.3 Å². The number of hydrogen-bond donors (Lipinski definition) is 1. The molecule has 3 amide bonds. The first-order valence-electron chi connectivity index (χ1n) is 9.95. The second-order valence-corrected chi connectivity index (χ2v) is 7.66. The van der Waals surface area contributed by atoms with Crippen LogP contribution in [0, 0.1) is 0 Å². The standard InChI is InChI=1S/C21H31N3O2/c1-4-18(22-17-13-9-6-10-14-17)20(25)24-19(15(2)23(3)21(24)26)16-11-7-5-8-12-16/h5,7-8,11-12,15,17-19,22H,4,6,9-10,13-14H2,1-3H3/t15-,18+,19-/m0/s1. The summed E-state index contributed by atoms with van der Waals surface area (Å²) in [5.74, 6) is -0.0897. The molecule has 1 N–H and O–H groups in total. The molecule has 1 heterocycles. The van der Waals surface area contributed by atoms with E-state index >= 15 is 0 Å². The molecule has 1 aliphatic heterocycles. The Kier molecular flexibility index (Phi) is 5.97. The number of carbonyl (C=O) groups is 2. The molecular weight excluding hydrogens is 326 g/mol. The Labute approximate surface area is 156 Å². The molecule has 2 aliphatic rings. The molecule has 142 valence electrons. The molecule has 0 radical (unpaired) electrons. The van der Waals surface area contributed by atoms with Crippen LogP contribution in [-0.4, -0.2) is 46.9 Å². The second-order valence-electron chi connectivity index (χ2n) is 7.66. The van der Waals surface area contributed by atoms with E-state index in [0.717, 1.165) is 18.4 Å². The lowest BCUT2D eigenvalue weighted by atomic mass is 9.94. The molecule has 1 aliphatic carbocycles. The van der Waals surface area contributed by atoms with Gasteiger partial charge in [0.25, 0.3) is 0 Å². The summed E-state index contributed by atoms with van der Waals surface area (Å²) in [6.07, 6.45) is 6.66. The molecule has 0 bridgehead atoms. The Morgan fingerprint density at radius 1 is 1.19 bits per heavy atom. The van der Waals surface area contributed by atoms with Gasteiger partial charge < -0.3 is 10.2 Å². The molecule has 3 atom stereocenters. The van der Waals surface area contributed by atoms with Crippen molar-refractivity contribution in [1.29, 1.82) is 0 Å². The predicted molar refractivity (Wildman–Crippen MR) is 103 cm³/mol. The van der Waals surface area contributed by atoms with Gasteiger partial charge in [0.05, 0.1) is 18.1 Å². The van der Waals surface area contributed by atoms with Crippen LogP contribution in [0.4, 0.5) is 4.79 Å². The van der Waals surface area contributed by atoms with E-state index in [1.807, 2.05) is 44.2 Å². The smallest absolute Gasteiger partial charge is 0.322 e. The number of rotatable bonds is 5. The van der Waals surface area contributed by atoms with Crippen LogP contribution in [0.3, 0.4) is 0 Å². The predicted octanol–water partition coefficient (Wildman–Crippen LogP) is 3.71. The summed E-state index contributed by atoms with van der Waals surface area (Å²) in [7, 11) is 1.78. The number of nitrogens with zero attached hydrogens (tertiary/aromatic N) is 2. The molecule has 1 saturated heterocycles. The van der Waals surface area contributed by atoms with Crippen LogP contribution in [0.1, 0.15) is 64.0 Å². The van der Waals surface area contributed by atoms with E-state index in [4.69, 9.17) is 0 Å². The third-order valence-electron chi connectivity index (χ3n) is 5.98. The third kappa shape index (κ3) is 3.63. The Hall–Kier alpha value is -1.88. The van der Waals surface area contributed by atoms with Crippen LogP contribution >= 0.6 is 0 Å². The monoisotopic (exact) mass is 357 g/mol. The maximum absolute atomic E-state index is 13.4. The van der Waals surface area contributed by atoms with Crippen molar-refractivity contribution >= 4 is 11.9 Å². The number of amides is 3. The number of benzene rings is 1. The summed E-state index contributed by atoms with van der Waals surface area (Å²) in [6, 6.07) is 9.51. The Morgan fingerprint density at radius 3 is 2.46 bits per heavy atom. The van der Waals surface area contributed by atoms with E-state index in [-0.39, 0.29) is 30.1 Å². The van der Waals surface area contributed by atoms with Crippen molar-refractivity contribution in [3.8, 4) is 0 Å². The zero-order valence-electron chi connectivity index (χ0n) is 16.1. The largest absolute Gasteiger partial charge is 0.327 e. The topological polar surface area (TPSA) is 52.7 Å². The van der Waals surface area contributed by atoms with Gasteiger partial charge in [-0.15, -0.1) is 0 Å². The number of hydrogen-bond acceptors (Lipinski definition) is 3. The molecule has 1 saturated carbocycles. The fraction of sp³-hybridized carbons (Fsp3) is 0.619. The number of likely N-dealkylation sites (N-methyl/N-ethyl adjacent to an activating group) is 1.